The van der Waals surface area contributed by atoms with E-state index < -0.39 is 0 Å². The van der Waals surface area contributed by atoms with Crippen LogP contribution in [0, 0.1) is 6.92 Å². The van der Waals surface area contributed by atoms with Crippen LogP contribution in [0.15, 0.2) is 30.3 Å². The summed E-state index contributed by atoms with van der Waals surface area (Å²) in [7, 11) is 0. The molecule has 0 saturated carbocycles. The SMILES string of the molecule is Cc1cccc(C(Br)c2cc(Cl)sc2Cl)c1. The molecule has 1 aromatic carbocycles. The summed E-state index contributed by atoms with van der Waals surface area (Å²) >= 11 is 17.1. The molecule has 0 saturated heterocycles. The number of benzene rings is 1. The van der Waals surface area contributed by atoms with E-state index in [-0.39, 0.29) is 4.83 Å². The Bertz CT molecular complexity index is 507. The van der Waals surface area contributed by atoms with E-state index in [4.69, 9.17) is 23.2 Å². The van der Waals surface area contributed by atoms with Gasteiger partial charge < -0.3 is 0 Å². The first-order chi connectivity index (χ1) is 7.58. The quantitative estimate of drug-likeness (QED) is 0.604. The van der Waals surface area contributed by atoms with Gasteiger partial charge in [0.05, 0.1) is 13.5 Å². The molecule has 2 aromatic rings. The molecule has 4 heteroatoms. The first kappa shape index (κ1) is 12.4. The van der Waals surface area contributed by atoms with Gasteiger partial charge in [-0.3, -0.25) is 0 Å². The van der Waals surface area contributed by atoms with Gasteiger partial charge in [0.25, 0.3) is 0 Å². The van der Waals surface area contributed by atoms with Gasteiger partial charge in [-0.15, -0.1) is 11.3 Å². The number of thiophene rings is 1. The van der Waals surface area contributed by atoms with Crippen LogP contribution in [0.25, 0.3) is 0 Å². The van der Waals surface area contributed by atoms with Crippen molar-refractivity contribution in [2.75, 3.05) is 0 Å². The second kappa shape index (κ2) is 5.09. The fraction of sp³-hybridized carbons (Fsp3) is 0.167. The molecule has 1 atom stereocenters. The highest BCUT2D eigenvalue weighted by Crippen LogP contribution is 2.41. The molecule has 0 aliphatic heterocycles. The summed E-state index contributed by atoms with van der Waals surface area (Å²) in [4.78, 5) is 0.101. The summed E-state index contributed by atoms with van der Waals surface area (Å²) in [6, 6.07) is 10.2. The molecule has 0 amide bonds. The third-order valence-electron chi connectivity index (χ3n) is 2.29. The van der Waals surface area contributed by atoms with Crippen LogP contribution in [-0.2, 0) is 0 Å². The van der Waals surface area contributed by atoms with Crippen LogP contribution in [0.4, 0.5) is 0 Å². The number of hydrogen-bond acceptors (Lipinski definition) is 1. The van der Waals surface area contributed by atoms with Crippen LogP contribution in [0.2, 0.25) is 8.67 Å². The molecule has 1 heterocycles. The lowest BCUT2D eigenvalue weighted by Gasteiger charge is -2.09. The zero-order valence-corrected chi connectivity index (χ0v) is 12.4. The highest BCUT2D eigenvalue weighted by atomic mass is 79.9. The van der Waals surface area contributed by atoms with Crippen molar-refractivity contribution in [1.29, 1.82) is 0 Å². The van der Waals surface area contributed by atoms with Gasteiger partial charge in [-0.1, -0.05) is 69.0 Å². The summed E-state index contributed by atoms with van der Waals surface area (Å²) in [5.41, 5.74) is 3.46. The molecule has 0 bridgehead atoms. The minimum absolute atomic E-state index is 0.101. The molecule has 84 valence electrons. The lowest BCUT2D eigenvalue weighted by molar-refractivity contribution is 1.18. The van der Waals surface area contributed by atoms with Crippen molar-refractivity contribution < 1.29 is 0 Å². The molecule has 0 nitrogen and oxygen atoms in total. The zero-order valence-electron chi connectivity index (χ0n) is 8.51. The lowest BCUT2D eigenvalue weighted by atomic mass is 10.1. The summed E-state index contributed by atoms with van der Waals surface area (Å²) in [5, 5.41) is 0. The van der Waals surface area contributed by atoms with Crippen molar-refractivity contribution in [3.8, 4) is 0 Å². The largest absolute Gasteiger partial charge is 0.111 e. The third-order valence-corrected chi connectivity index (χ3v) is 4.83. The van der Waals surface area contributed by atoms with E-state index in [2.05, 4.69) is 41.1 Å². The fourth-order valence-corrected chi connectivity index (χ4v) is 3.99. The highest BCUT2D eigenvalue weighted by molar-refractivity contribution is 9.09. The molecule has 1 aromatic heterocycles. The molecule has 0 aliphatic carbocycles. The summed E-state index contributed by atoms with van der Waals surface area (Å²) in [6.07, 6.45) is 0. The van der Waals surface area contributed by atoms with Gasteiger partial charge >= 0.3 is 0 Å². The summed E-state index contributed by atoms with van der Waals surface area (Å²) < 4.78 is 1.46. The number of alkyl halides is 1. The number of halogens is 3. The zero-order chi connectivity index (χ0) is 11.7. The molecular formula is C12H9BrCl2S. The van der Waals surface area contributed by atoms with Crippen molar-refractivity contribution >= 4 is 50.5 Å². The molecule has 2 rings (SSSR count). The Morgan fingerprint density at radius 3 is 2.56 bits per heavy atom. The van der Waals surface area contributed by atoms with Crippen molar-refractivity contribution in [3.05, 3.63) is 55.7 Å². The van der Waals surface area contributed by atoms with E-state index in [1.54, 1.807) is 0 Å². The third kappa shape index (κ3) is 2.62. The van der Waals surface area contributed by atoms with Crippen LogP contribution in [0.3, 0.4) is 0 Å². The Morgan fingerprint density at radius 2 is 2.00 bits per heavy atom. The maximum absolute atomic E-state index is 6.13. The number of aryl methyl sites for hydroxylation is 1. The highest BCUT2D eigenvalue weighted by Gasteiger charge is 2.16. The Morgan fingerprint density at radius 1 is 1.25 bits per heavy atom. The molecule has 0 radical (unpaired) electrons. The van der Waals surface area contributed by atoms with Crippen LogP contribution >= 0.6 is 50.5 Å². The van der Waals surface area contributed by atoms with E-state index in [1.807, 2.05) is 12.1 Å². The monoisotopic (exact) mass is 334 g/mol. The summed E-state index contributed by atoms with van der Waals surface area (Å²) in [5.74, 6) is 0. The first-order valence-electron chi connectivity index (χ1n) is 4.73. The number of rotatable bonds is 2. The fourth-order valence-electron chi connectivity index (χ4n) is 1.53. The molecule has 0 N–H and O–H groups in total. The van der Waals surface area contributed by atoms with Crippen LogP contribution in [0.1, 0.15) is 21.5 Å². The van der Waals surface area contributed by atoms with Crippen molar-refractivity contribution in [3.63, 3.8) is 0 Å². The maximum Gasteiger partial charge on any atom is 0.0990 e. The second-order valence-corrected chi connectivity index (χ2v) is 6.76. The second-order valence-electron chi connectivity index (χ2n) is 3.56. The van der Waals surface area contributed by atoms with Gasteiger partial charge in [0.15, 0.2) is 0 Å². The number of hydrogen-bond donors (Lipinski definition) is 0. The Hall–Kier alpha value is -0.0200. The molecule has 0 spiro atoms. The standard InChI is InChI=1S/C12H9BrCl2S/c1-7-3-2-4-8(5-7)11(13)9-6-10(14)16-12(9)15/h2-6,11H,1H3. The Balaban J connectivity index is 2.38. The van der Waals surface area contributed by atoms with Gasteiger partial charge in [-0.2, -0.15) is 0 Å². The lowest BCUT2D eigenvalue weighted by Crippen LogP contribution is -1.91. The molecule has 16 heavy (non-hydrogen) atoms. The first-order valence-corrected chi connectivity index (χ1v) is 7.22. The van der Waals surface area contributed by atoms with Crippen LogP contribution in [-0.4, -0.2) is 0 Å². The minimum atomic E-state index is 0.101. The van der Waals surface area contributed by atoms with Gasteiger partial charge in [-0.25, -0.2) is 0 Å². The van der Waals surface area contributed by atoms with Gasteiger partial charge in [0, 0.05) is 5.56 Å². The van der Waals surface area contributed by atoms with Crippen LogP contribution < -0.4 is 0 Å². The predicted octanol–water partition coefficient (Wildman–Crippen LogP) is 5.85. The maximum atomic E-state index is 6.13. The van der Waals surface area contributed by atoms with Crippen molar-refractivity contribution in [1.82, 2.24) is 0 Å². The molecule has 0 fully saturated rings. The van der Waals surface area contributed by atoms with E-state index in [0.717, 1.165) is 14.2 Å². The molecule has 0 aliphatic rings. The van der Waals surface area contributed by atoms with Gasteiger partial charge in [-0.05, 0) is 18.6 Å². The Kier molecular flexibility index (Phi) is 3.96. The minimum Gasteiger partial charge on any atom is -0.111 e. The Labute approximate surface area is 117 Å². The van der Waals surface area contributed by atoms with E-state index in [9.17, 15) is 0 Å². The van der Waals surface area contributed by atoms with E-state index >= 15 is 0 Å². The average Bonchev–Trinajstić information content (AvgIpc) is 2.57. The van der Waals surface area contributed by atoms with E-state index in [1.165, 1.54) is 22.5 Å². The van der Waals surface area contributed by atoms with Crippen molar-refractivity contribution in [2.45, 2.75) is 11.8 Å². The normalized spacial score (nSPS) is 12.8. The van der Waals surface area contributed by atoms with Gasteiger partial charge in [0.2, 0.25) is 0 Å². The predicted molar refractivity (Wildman–Crippen MR) is 76.3 cm³/mol. The van der Waals surface area contributed by atoms with E-state index in [0.29, 0.717) is 0 Å². The van der Waals surface area contributed by atoms with Gasteiger partial charge in [0.1, 0.15) is 0 Å². The van der Waals surface area contributed by atoms with Crippen LogP contribution in [0.5, 0.6) is 0 Å². The topological polar surface area (TPSA) is 0 Å². The molecular weight excluding hydrogens is 327 g/mol. The smallest absolute Gasteiger partial charge is 0.0990 e. The average molecular weight is 336 g/mol. The molecule has 1 unspecified atom stereocenters. The summed E-state index contributed by atoms with van der Waals surface area (Å²) in [6.45, 7) is 2.07. The van der Waals surface area contributed by atoms with Crippen molar-refractivity contribution in [2.24, 2.45) is 0 Å².